The van der Waals surface area contributed by atoms with Gasteiger partial charge in [-0.25, -0.2) is 4.79 Å². The highest BCUT2D eigenvalue weighted by atomic mass is 16.7. The number of hydrogen-bond donors (Lipinski definition) is 0. The van der Waals surface area contributed by atoms with E-state index in [0.29, 0.717) is 16.8 Å². The van der Waals surface area contributed by atoms with E-state index in [1.807, 2.05) is 33.8 Å². The molecule has 21 heavy (non-hydrogen) atoms. The zero-order valence-corrected chi connectivity index (χ0v) is 13.4. The average Bonchev–Trinajstić information content (AvgIpc) is 2.65. The molecule has 5 nitrogen and oxygen atoms in total. The highest BCUT2D eigenvalue weighted by Gasteiger charge is 2.52. The molecular weight excluding hydrogens is 271 g/mol. The van der Waals surface area contributed by atoms with Crippen molar-refractivity contribution in [1.82, 2.24) is 0 Å². The molecule has 1 aliphatic rings. The Bertz CT molecular complexity index is 537. The van der Waals surface area contributed by atoms with Gasteiger partial charge in [0.05, 0.1) is 25.4 Å². The molecule has 0 aliphatic carbocycles. The summed E-state index contributed by atoms with van der Waals surface area (Å²) in [6.45, 7) is 7.90. The topological polar surface area (TPSA) is 54.0 Å². The molecule has 1 saturated heterocycles. The second kappa shape index (κ2) is 5.35. The van der Waals surface area contributed by atoms with Gasteiger partial charge in [0, 0.05) is 5.46 Å². The maximum atomic E-state index is 11.8. The third kappa shape index (κ3) is 2.65. The lowest BCUT2D eigenvalue weighted by atomic mass is 9.77. The quantitative estimate of drug-likeness (QED) is 0.628. The number of carbonyl (C=O) groups is 1. The Hall–Kier alpha value is -1.53. The number of para-hydroxylation sites is 1. The van der Waals surface area contributed by atoms with Gasteiger partial charge in [0.25, 0.3) is 0 Å². The summed E-state index contributed by atoms with van der Waals surface area (Å²) in [6.07, 6.45) is 0. The lowest BCUT2D eigenvalue weighted by molar-refractivity contribution is 0.00578. The first-order chi connectivity index (χ1) is 9.73. The van der Waals surface area contributed by atoms with Gasteiger partial charge < -0.3 is 18.8 Å². The molecule has 1 aliphatic heterocycles. The molecule has 0 bridgehead atoms. The number of methoxy groups -OCH3 is 2. The van der Waals surface area contributed by atoms with E-state index in [-0.39, 0.29) is 0 Å². The fraction of sp³-hybridized carbons (Fsp3) is 0.533. The molecule has 1 fully saturated rings. The summed E-state index contributed by atoms with van der Waals surface area (Å²) in [6, 6.07) is 5.24. The first-order valence-corrected chi connectivity index (χ1v) is 6.84. The van der Waals surface area contributed by atoms with Crippen LogP contribution in [0.15, 0.2) is 18.2 Å². The lowest BCUT2D eigenvalue weighted by Gasteiger charge is -2.32. The number of benzene rings is 1. The van der Waals surface area contributed by atoms with Crippen LogP contribution in [0.2, 0.25) is 0 Å². The van der Waals surface area contributed by atoms with Crippen molar-refractivity contribution in [3.63, 3.8) is 0 Å². The van der Waals surface area contributed by atoms with E-state index in [4.69, 9.17) is 18.8 Å². The van der Waals surface area contributed by atoms with Crippen molar-refractivity contribution in [2.75, 3.05) is 14.2 Å². The van der Waals surface area contributed by atoms with E-state index in [9.17, 15) is 4.79 Å². The maximum absolute atomic E-state index is 11.8. The van der Waals surface area contributed by atoms with Gasteiger partial charge in [0.2, 0.25) is 0 Å². The van der Waals surface area contributed by atoms with Crippen molar-refractivity contribution >= 4 is 18.6 Å². The van der Waals surface area contributed by atoms with E-state index >= 15 is 0 Å². The van der Waals surface area contributed by atoms with Crippen LogP contribution in [-0.2, 0) is 14.0 Å². The molecular formula is C15H21BO5. The Labute approximate surface area is 125 Å². The Morgan fingerprint density at radius 2 is 1.67 bits per heavy atom. The van der Waals surface area contributed by atoms with E-state index in [2.05, 4.69) is 0 Å². The normalized spacial score (nSPS) is 19.4. The third-order valence-electron chi connectivity index (χ3n) is 4.16. The van der Waals surface area contributed by atoms with Crippen molar-refractivity contribution in [3.8, 4) is 5.75 Å². The largest absolute Gasteiger partial charge is 0.498 e. The van der Waals surface area contributed by atoms with E-state index < -0.39 is 24.3 Å². The molecule has 6 heteroatoms. The Kier molecular flexibility index (Phi) is 4.04. The third-order valence-corrected chi connectivity index (χ3v) is 4.16. The van der Waals surface area contributed by atoms with Crippen molar-refractivity contribution in [3.05, 3.63) is 23.8 Å². The Morgan fingerprint density at radius 3 is 2.14 bits per heavy atom. The molecule has 0 spiro atoms. The molecule has 0 radical (unpaired) electrons. The summed E-state index contributed by atoms with van der Waals surface area (Å²) in [4.78, 5) is 11.8. The summed E-state index contributed by atoms with van der Waals surface area (Å²) in [5.41, 5.74) is 0.125. The zero-order valence-electron chi connectivity index (χ0n) is 13.4. The summed E-state index contributed by atoms with van der Waals surface area (Å²) in [5, 5.41) is 0. The van der Waals surface area contributed by atoms with Gasteiger partial charge in [0.1, 0.15) is 11.3 Å². The molecule has 1 aromatic carbocycles. The van der Waals surface area contributed by atoms with Gasteiger partial charge in [-0.15, -0.1) is 0 Å². The van der Waals surface area contributed by atoms with Crippen LogP contribution >= 0.6 is 0 Å². The van der Waals surface area contributed by atoms with Crippen LogP contribution in [-0.4, -0.2) is 38.5 Å². The predicted octanol–water partition coefficient (Wildman–Crippen LogP) is 1.78. The van der Waals surface area contributed by atoms with Gasteiger partial charge >= 0.3 is 13.1 Å². The van der Waals surface area contributed by atoms with Crippen molar-refractivity contribution in [2.24, 2.45) is 0 Å². The fourth-order valence-electron chi connectivity index (χ4n) is 2.21. The van der Waals surface area contributed by atoms with Crippen molar-refractivity contribution < 1.29 is 23.6 Å². The van der Waals surface area contributed by atoms with Crippen LogP contribution in [0.25, 0.3) is 0 Å². The minimum atomic E-state index is -0.588. The molecule has 0 aromatic heterocycles. The fourth-order valence-corrected chi connectivity index (χ4v) is 2.21. The molecule has 0 amide bonds. The first-order valence-electron chi connectivity index (χ1n) is 6.84. The monoisotopic (exact) mass is 292 g/mol. The molecule has 0 N–H and O–H groups in total. The zero-order chi connectivity index (χ0) is 15.8. The maximum Gasteiger partial charge on any atom is 0.498 e. The molecule has 1 heterocycles. The number of carbonyl (C=O) groups excluding carboxylic acids is 1. The Morgan fingerprint density at radius 1 is 1.10 bits per heavy atom. The van der Waals surface area contributed by atoms with Gasteiger partial charge in [-0.1, -0.05) is 12.1 Å². The van der Waals surface area contributed by atoms with Crippen molar-refractivity contribution in [1.29, 1.82) is 0 Å². The van der Waals surface area contributed by atoms with Crippen LogP contribution in [0.1, 0.15) is 38.1 Å². The van der Waals surface area contributed by atoms with Gasteiger partial charge in [0.15, 0.2) is 0 Å². The predicted molar refractivity (Wildman–Crippen MR) is 80.0 cm³/mol. The molecule has 0 unspecified atom stereocenters. The molecule has 0 saturated carbocycles. The summed E-state index contributed by atoms with van der Waals surface area (Å²) >= 11 is 0. The summed E-state index contributed by atoms with van der Waals surface area (Å²) in [5.74, 6) is -0.0342. The van der Waals surface area contributed by atoms with E-state index in [0.717, 1.165) is 0 Å². The van der Waals surface area contributed by atoms with Crippen molar-refractivity contribution in [2.45, 2.75) is 38.9 Å². The summed E-state index contributed by atoms with van der Waals surface area (Å²) < 4.78 is 22.2. The van der Waals surface area contributed by atoms with Crippen LogP contribution in [0.3, 0.4) is 0 Å². The SMILES string of the molecule is COC(=O)c1cccc(B2OC(C)(C)C(C)(C)O2)c1OC. The smallest absolute Gasteiger partial charge is 0.496 e. The highest BCUT2D eigenvalue weighted by Crippen LogP contribution is 2.37. The molecule has 114 valence electrons. The van der Waals surface area contributed by atoms with Crippen LogP contribution in [0.5, 0.6) is 5.75 Å². The van der Waals surface area contributed by atoms with Gasteiger partial charge in [-0.3, -0.25) is 0 Å². The van der Waals surface area contributed by atoms with E-state index in [1.54, 1.807) is 12.1 Å². The first kappa shape index (κ1) is 15.9. The van der Waals surface area contributed by atoms with Gasteiger partial charge in [-0.2, -0.15) is 0 Å². The number of ether oxygens (including phenoxy) is 2. The molecule has 1 aromatic rings. The number of esters is 1. The minimum absolute atomic E-state index is 0.354. The molecule has 0 atom stereocenters. The van der Waals surface area contributed by atoms with Crippen LogP contribution in [0, 0.1) is 0 Å². The second-order valence-corrected chi connectivity index (χ2v) is 6.01. The Balaban J connectivity index is 2.44. The van der Waals surface area contributed by atoms with Crippen LogP contribution in [0.4, 0.5) is 0 Å². The highest BCUT2D eigenvalue weighted by molar-refractivity contribution is 6.63. The van der Waals surface area contributed by atoms with Gasteiger partial charge in [-0.05, 0) is 33.8 Å². The molecule has 2 rings (SSSR count). The standard InChI is InChI=1S/C15H21BO5/c1-14(2)15(3,4)21-16(20-14)11-9-7-8-10(12(11)18-5)13(17)19-6/h7-9H,1-6H3. The van der Waals surface area contributed by atoms with E-state index in [1.165, 1.54) is 14.2 Å². The average molecular weight is 292 g/mol. The minimum Gasteiger partial charge on any atom is -0.496 e. The lowest BCUT2D eigenvalue weighted by Crippen LogP contribution is -2.41. The number of hydrogen-bond acceptors (Lipinski definition) is 5. The second-order valence-electron chi connectivity index (χ2n) is 6.01. The van der Waals surface area contributed by atoms with Crippen LogP contribution < -0.4 is 10.2 Å². The number of rotatable bonds is 3. The summed E-state index contributed by atoms with van der Waals surface area (Å²) in [7, 11) is 2.26.